The van der Waals surface area contributed by atoms with E-state index in [0.717, 1.165) is 49.7 Å². The minimum Gasteiger partial charge on any atom is -0.488 e. The third-order valence-electron chi connectivity index (χ3n) is 10.9. The van der Waals surface area contributed by atoms with E-state index >= 15 is 0 Å². The van der Waals surface area contributed by atoms with Gasteiger partial charge >= 0.3 is 0 Å². The first-order valence-electron chi connectivity index (χ1n) is 14.0. The molecule has 0 amide bonds. The largest absolute Gasteiger partial charge is 0.488 e. The Balaban J connectivity index is 1.28. The van der Waals surface area contributed by atoms with Gasteiger partial charge in [-0.2, -0.15) is 5.10 Å². The smallest absolute Gasteiger partial charge is 0.157 e. The van der Waals surface area contributed by atoms with Crippen LogP contribution in [0.3, 0.4) is 0 Å². The zero-order valence-corrected chi connectivity index (χ0v) is 22.5. The van der Waals surface area contributed by atoms with E-state index in [1.54, 1.807) is 18.0 Å². The Bertz CT molecular complexity index is 930. The summed E-state index contributed by atoms with van der Waals surface area (Å²) in [4.78, 5) is 13.5. The second kappa shape index (κ2) is 9.16. The molecule has 0 unspecified atom stereocenters. The van der Waals surface area contributed by atoms with E-state index in [0.29, 0.717) is 36.2 Å². The third kappa shape index (κ3) is 4.37. The Labute approximate surface area is 211 Å². The number of aliphatic hydroxyl groups is 1. The number of methoxy groups -OCH3 is 1. The molecule has 4 aliphatic carbocycles. The lowest BCUT2D eigenvalue weighted by Crippen LogP contribution is -2.56. The van der Waals surface area contributed by atoms with Gasteiger partial charge in [-0.05, 0) is 106 Å². The van der Waals surface area contributed by atoms with E-state index in [-0.39, 0.29) is 17.4 Å². The SMILES string of the molecule is COC[C@@]1(O)CC[C@@]2(C)[C@@H](CC[C@@H]3[C@@H]2CC[C@]2(C)[C@@H](C(=O)Cn4cc(OC(C)C)cn4)CC[C@@H]32)C1. The maximum absolute atomic E-state index is 13.5. The van der Waals surface area contributed by atoms with Crippen molar-refractivity contribution in [3.8, 4) is 5.75 Å². The van der Waals surface area contributed by atoms with Crippen molar-refractivity contribution in [1.82, 2.24) is 9.78 Å². The fraction of sp³-hybridized carbons (Fsp3) is 0.862. The third-order valence-corrected chi connectivity index (χ3v) is 10.9. The molecule has 35 heavy (non-hydrogen) atoms. The second-order valence-corrected chi connectivity index (χ2v) is 13.2. The summed E-state index contributed by atoms with van der Waals surface area (Å²) in [5.74, 6) is 3.89. The van der Waals surface area contributed by atoms with Gasteiger partial charge in [0.15, 0.2) is 11.5 Å². The Morgan fingerprint density at radius 1 is 1.11 bits per heavy atom. The molecule has 5 rings (SSSR count). The zero-order chi connectivity index (χ0) is 25.0. The molecule has 6 nitrogen and oxygen atoms in total. The number of ketones is 1. The molecule has 1 aromatic heterocycles. The van der Waals surface area contributed by atoms with E-state index in [2.05, 4.69) is 18.9 Å². The van der Waals surface area contributed by atoms with Crippen LogP contribution < -0.4 is 4.74 Å². The van der Waals surface area contributed by atoms with Gasteiger partial charge in [0.1, 0.15) is 0 Å². The van der Waals surface area contributed by atoms with Crippen molar-refractivity contribution in [2.45, 2.75) is 104 Å². The van der Waals surface area contributed by atoms with E-state index in [9.17, 15) is 9.90 Å². The van der Waals surface area contributed by atoms with Gasteiger partial charge in [0.05, 0.1) is 37.3 Å². The highest BCUT2D eigenvalue weighted by molar-refractivity contribution is 5.82. The monoisotopic (exact) mass is 486 g/mol. The molecule has 0 radical (unpaired) electrons. The number of aromatic nitrogens is 2. The van der Waals surface area contributed by atoms with Crippen LogP contribution in [0.4, 0.5) is 0 Å². The molecule has 196 valence electrons. The number of fused-ring (bicyclic) bond motifs is 5. The van der Waals surface area contributed by atoms with Crippen molar-refractivity contribution in [3.05, 3.63) is 12.4 Å². The number of ether oxygens (including phenoxy) is 2. The first kappa shape index (κ1) is 25.3. The maximum Gasteiger partial charge on any atom is 0.157 e. The van der Waals surface area contributed by atoms with Crippen LogP contribution in [0.5, 0.6) is 5.75 Å². The number of rotatable bonds is 7. The normalized spacial score (nSPS) is 42.9. The molecular weight excluding hydrogens is 440 g/mol. The molecular formula is C29H46N2O4. The maximum atomic E-state index is 13.5. The predicted octanol–water partition coefficient (Wildman–Crippen LogP) is 5.28. The van der Waals surface area contributed by atoms with Crippen LogP contribution in [0.2, 0.25) is 0 Å². The van der Waals surface area contributed by atoms with Crippen molar-refractivity contribution in [3.63, 3.8) is 0 Å². The van der Waals surface area contributed by atoms with Crippen LogP contribution in [0.25, 0.3) is 0 Å². The average Bonchev–Trinajstić information content (AvgIpc) is 3.37. The molecule has 4 aliphatic rings. The van der Waals surface area contributed by atoms with Crippen LogP contribution in [0.1, 0.15) is 85.5 Å². The zero-order valence-electron chi connectivity index (χ0n) is 22.5. The first-order chi connectivity index (χ1) is 16.6. The average molecular weight is 487 g/mol. The lowest BCUT2D eigenvalue weighted by Gasteiger charge is -2.62. The van der Waals surface area contributed by atoms with Crippen molar-refractivity contribution >= 4 is 5.78 Å². The molecule has 0 spiro atoms. The quantitative estimate of drug-likeness (QED) is 0.568. The Morgan fingerprint density at radius 3 is 2.63 bits per heavy atom. The van der Waals surface area contributed by atoms with Gasteiger partial charge in [-0.1, -0.05) is 13.8 Å². The second-order valence-electron chi connectivity index (χ2n) is 13.2. The van der Waals surface area contributed by atoms with Gasteiger partial charge in [-0.25, -0.2) is 0 Å². The molecule has 4 saturated carbocycles. The summed E-state index contributed by atoms with van der Waals surface area (Å²) in [7, 11) is 1.70. The molecule has 0 saturated heterocycles. The van der Waals surface area contributed by atoms with E-state index in [1.165, 1.54) is 25.7 Å². The van der Waals surface area contributed by atoms with Crippen molar-refractivity contribution in [1.29, 1.82) is 0 Å². The molecule has 4 fully saturated rings. The molecule has 1 N–H and O–H groups in total. The molecule has 1 heterocycles. The van der Waals surface area contributed by atoms with E-state index in [1.807, 2.05) is 20.0 Å². The number of carbonyl (C=O) groups excluding carboxylic acids is 1. The number of hydrogen-bond acceptors (Lipinski definition) is 5. The summed E-state index contributed by atoms with van der Waals surface area (Å²) in [6, 6.07) is 0. The predicted molar refractivity (Wildman–Crippen MR) is 135 cm³/mol. The van der Waals surface area contributed by atoms with Gasteiger partial charge in [-0.15, -0.1) is 0 Å². The summed E-state index contributed by atoms with van der Waals surface area (Å²) < 4.78 is 12.9. The van der Waals surface area contributed by atoms with Crippen LogP contribution in [-0.4, -0.2) is 46.1 Å². The van der Waals surface area contributed by atoms with E-state index in [4.69, 9.17) is 9.47 Å². The first-order valence-corrected chi connectivity index (χ1v) is 14.0. The summed E-state index contributed by atoms with van der Waals surface area (Å²) in [6.07, 6.45) is 13.6. The highest BCUT2D eigenvalue weighted by atomic mass is 16.5. The molecule has 0 bridgehead atoms. The topological polar surface area (TPSA) is 73.6 Å². The number of hydrogen-bond donors (Lipinski definition) is 1. The summed E-state index contributed by atoms with van der Waals surface area (Å²) in [5.41, 5.74) is -0.224. The number of Topliss-reactive ketones (excluding diaryl/α,β-unsaturated/α-hetero) is 1. The fourth-order valence-corrected chi connectivity index (χ4v) is 9.29. The number of carbonyl (C=O) groups is 1. The van der Waals surface area contributed by atoms with Gasteiger partial charge in [0, 0.05) is 13.0 Å². The van der Waals surface area contributed by atoms with E-state index < -0.39 is 5.60 Å². The van der Waals surface area contributed by atoms with Crippen LogP contribution in [0.15, 0.2) is 12.4 Å². The Morgan fingerprint density at radius 2 is 1.89 bits per heavy atom. The Hall–Kier alpha value is -1.40. The van der Waals surface area contributed by atoms with Gasteiger partial charge in [0.25, 0.3) is 0 Å². The minimum absolute atomic E-state index is 0.0999. The van der Waals surface area contributed by atoms with Gasteiger partial charge in [-0.3, -0.25) is 9.48 Å². The highest BCUT2D eigenvalue weighted by Crippen LogP contribution is 2.68. The number of nitrogens with zero attached hydrogens (tertiary/aromatic N) is 2. The van der Waals surface area contributed by atoms with Crippen LogP contribution in [-0.2, 0) is 16.1 Å². The summed E-state index contributed by atoms with van der Waals surface area (Å²) >= 11 is 0. The van der Waals surface area contributed by atoms with Crippen molar-refractivity contribution in [2.75, 3.05) is 13.7 Å². The molecule has 0 aromatic carbocycles. The van der Waals surface area contributed by atoms with Gasteiger partial charge in [0.2, 0.25) is 0 Å². The molecule has 6 heteroatoms. The molecule has 1 aromatic rings. The highest BCUT2D eigenvalue weighted by Gasteiger charge is 2.62. The molecule has 8 atom stereocenters. The molecule has 0 aliphatic heterocycles. The van der Waals surface area contributed by atoms with Gasteiger partial charge < -0.3 is 14.6 Å². The standard InChI is InChI=1S/C29H46N2O4/c1-19(2)35-21-15-30-31(16-21)17-26(32)25-9-8-23-22-7-6-20-14-29(33,18-34-5)13-12-27(20,3)24(22)10-11-28(23,25)4/h15-16,19-20,22-25,33H,6-14,17-18H2,1-5H3/t20-,22-,23-,24-,25+,27-,28-,29+/m0/s1. The fourth-order valence-electron chi connectivity index (χ4n) is 9.29. The van der Waals surface area contributed by atoms with Crippen molar-refractivity contribution in [2.24, 2.45) is 40.4 Å². The minimum atomic E-state index is -0.646. The summed E-state index contributed by atoms with van der Waals surface area (Å²) in [6.45, 7) is 9.75. The van der Waals surface area contributed by atoms with Crippen molar-refractivity contribution < 1.29 is 19.4 Å². The van der Waals surface area contributed by atoms with Crippen LogP contribution >= 0.6 is 0 Å². The lowest BCUT2D eigenvalue weighted by atomic mass is 9.44. The summed E-state index contributed by atoms with van der Waals surface area (Å²) in [5, 5.41) is 15.5. The Kier molecular flexibility index (Phi) is 6.61. The lowest BCUT2D eigenvalue weighted by molar-refractivity contribution is -0.164. The van der Waals surface area contributed by atoms with Crippen LogP contribution in [0, 0.1) is 40.4 Å².